The van der Waals surface area contributed by atoms with E-state index in [1.54, 1.807) is 6.20 Å². The van der Waals surface area contributed by atoms with Crippen molar-refractivity contribution in [2.24, 2.45) is 0 Å². The molecule has 1 fully saturated rings. The predicted octanol–water partition coefficient (Wildman–Crippen LogP) is 0.324. The molecule has 0 aliphatic carbocycles. The predicted molar refractivity (Wildman–Crippen MR) is 67.3 cm³/mol. The smallest absolute Gasteiger partial charge is 0.325 e. The topological polar surface area (TPSA) is 70.4 Å². The van der Waals surface area contributed by atoms with Crippen LogP contribution in [0.5, 0.6) is 0 Å². The molecule has 1 saturated heterocycles. The van der Waals surface area contributed by atoms with E-state index in [4.69, 9.17) is 0 Å². The lowest BCUT2D eigenvalue weighted by molar-refractivity contribution is -0.143. The zero-order valence-corrected chi connectivity index (χ0v) is 10.7. The third kappa shape index (κ3) is 2.88. The fraction of sp³-hybridized carbons (Fsp3) is 0.667. The van der Waals surface area contributed by atoms with Crippen LogP contribution in [0.3, 0.4) is 0 Å². The van der Waals surface area contributed by atoms with Crippen LogP contribution in [-0.2, 0) is 11.3 Å². The van der Waals surface area contributed by atoms with E-state index in [0.717, 1.165) is 44.7 Å². The highest BCUT2D eigenvalue weighted by Crippen LogP contribution is 2.21. The van der Waals surface area contributed by atoms with Crippen molar-refractivity contribution >= 4 is 5.97 Å². The highest BCUT2D eigenvalue weighted by atomic mass is 16.4. The number of carbonyl (C=O) groups is 1. The summed E-state index contributed by atoms with van der Waals surface area (Å²) in [6, 6.07) is -0.572. The number of aryl methyl sites for hydroxylation is 1. The maximum Gasteiger partial charge on any atom is 0.325 e. The van der Waals surface area contributed by atoms with Crippen molar-refractivity contribution in [2.45, 2.75) is 25.9 Å². The Morgan fingerprint density at radius 2 is 2.28 bits per heavy atom. The average Bonchev–Trinajstić information content (AvgIpc) is 2.79. The van der Waals surface area contributed by atoms with Crippen molar-refractivity contribution in [1.82, 2.24) is 20.0 Å². The van der Waals surface area contributed by atoms with Crippen molar-refractivity contribution in [2.75, 3.05) is 26.2 Å². The first-order valence-electron chi connectivity index (χ1n) is 6.42. The summed E-state index contributed by atoms with van der Waals surface area (Å²) in [6.07, 6.45) is 4.52. The maximum atomic E-state index is 11.5. The maximum absolute atomic E-state index is 11.5. The van der Waals surface area contributed by atoms with E-state index in [1.807, 2.05) is 15.8 Å². The molecule has 0 amide bonds. The number of hydrogen-bond donors (Lipinski definition) is 2. The number of aliphatic carboxylic acids is 1. The highest BCUT2D eigenvalue weighted by Gasteiger charge is 2.29. The van der Waals surface area contributed by atoms with E-state index in [2.05, 4.69) is 17.3 Å². The lowest BCUT2D eigenvalue weighted by Crippen LogP contribution is -2.47. The van der Waals surface area contributed by atoms with E-state index in [9.17, 15) is 9.90 Å². The van der Waals surface area contributed by atoms with Crippen LogP contribution in [0.2, 0.25) is 0 Å². The molecular weight excluding hydrogens is 232 g/mol. The number of carboxylic acid groups (broad SMARTS) is 1. The standard InChI is InChI=1S/C12H20N4O2/c1-2-5-16-9-10(8-14-16)11(12(17)18)15-6-3-13-4-7-15/h8-9,11,13H,2-7H2,1H3,(H,17,18). The molecule has 6 heteroatoms. The Morgan fingerprint density at radius 1 is 1.56 bits per heavy atom. The van der Waals surface area contributed by atoms with E-state index in [0.29, 0.717) is 0 Å². The molecular formula is C12H20N4O2. The van der Waals surface area contributed by atoms with Gasteiger partial charge >= 0.3 is 5.97 Å². The van der Waals surface area contributed by atoms with Crippen LogP contribution >= 0.6 is 0 Å². The monoisotopic (exact) mass is 252 g/mol. The molecule has 1 aliphatic heterocycles. The first kappa shape index (κ1) is 13.0. The number of aromatic nitrogens is 2. The van der Waals surface area contributed by atoms with Crippen molar-refractivity contribution in [3.05, 3.63) is 18.0 Å². The summed E-state index contributed by atoms with van der Waals surface area (Å²) in [4.78, 5) is 13.5. The Hall–Kier alpha value is -1.40. The SMILES string of the molecule is CCCn1cc(C(C(=O)O)N2CCNCC2)cn1. The fourth-order valence-corrected chi connectivity index (χ4v) is 2.32. The van der Waals surface area contributed by atoms with Gasteiger partial charge in [0.2, 0.25) is 0 Å². The third-order valence-electron chi connectivity index (χ3n) is 3.17. The average molecular weight is 252 g/mol. The van der Waals surface area contributed by atoms with Crippen LogP contribution in [0.1, 0.15) is 24.9 Å². The van der Waals surface area contributed by atoms with Gasteiger partial charge in [-0.15, -0.1) is 0 Å². The molecule has 0 bridgehead atoms. The Bertz CT molecular complexity index is 399. The van der Waals surface area contributed by atoms with Gasteiger partial charge < -0.3 is 10.4 Å². The summed E-state index contributed by atoms with van der Waals surface area (Å²) in [5, 5.41) is 16.9. The van der Waals surface area contributed by atoms with E-state index in [-0.39, 0.29) is 0 Å². The van der Waals surface area contributed by atoms with Gasteiger partial charge in [-0.25, -0.2) is 0 Å². The van der Waals surface area contributed by atoms with Gasteiger partial charge in [0.25, 0.3) is 0 Å². The van der Waals surface area contributed by atoms with Gasteiger partial charge in [-0.05, 0) is 6.42 Å². The number of nitrogens with one attached hydrogen (secondary N) is 1. The summed E-state index contributed by atoms with van der Waals surface area (Å²) in [5.74, 6) is -0.798. The van der Waals surface area contributed by atoms with E-state index in [1.165, 1.54) is 0 Å². The lowest BCUT2D eigenvalue weighted by Gasteiger charge is -2.31. The quantitative estimate of drug-likeness (QED) is 0.790. The molecule has 1 atom stereocenters. The lowest BCUT2D eigenvalue weighted by atomic mass is 10.1. The molecule has 2 N–H and O–H groups in total. The summed E-state index contributed by atoms with van der Waals surface area (Å²) in [6.45, 7) is 6.10. The molecule has 0 aromatic carbocycles. The number of carboxylic acids is 1. The molecule has 2 rings (SSSR count). The second-order valence-electron chi connectivity index (χ2n) is 4.56. The van der Waals surface area contributed by atoms with Crippen molar-refractivity contribution < 1.29 is 9.90 Å². The Morgan fingerprint density at radius 3 is 2.89 bits per heavy atom. The number of nitrogens with zero attached hydrogens (tertiary/aromatic N) is 3. The molecule has 0 radical (unpaired) electrons. The summed E-state index contributed by atoms with van der Waals surface area (Å²) in [5.41, 5.74) is 0.776. The first-order valence-corrected chi connectivity index (χ1v) is 6.42. The van der Waals surface area contributed by atoms with Gasteiger partial charge in [0.15, 0.2) is 0 Å². The highest BCUT2D eigenvalue weighted by molar-refractivity contribution is 5.75. The van der Waals surface area contributed by atoms with Gasteiger partial charge in [0.1, 0.15) is 6.04 Å². The van der Waals surface area contributed by atoms with Crippen LogP contribution in [0.4, 0.5) is 0 Å². The molecule has 0 spiro atoms. The summed E-state index contributed by atoms with van der Waals surface area (Å²) < 4.78 is 1.81. The van der Waals surface area contributed by atoms with Crippen LogP contribution in [-0.4, -0.2) is 51.9 Å². The molecule has 1 aromatic rings. The van der Waals surface area contributed by atoms with Crippen molar-refractivity contribution in [3.63, 3.8) is 0 Å². The zero-order valence-electron chi connectivity index (χ0n) is 10.7. The molecule has 100 valence electrons. The van der Waals surface area contributed by atoms with Gasteiger partial charge in [0, 0.05) is 44.5 Å². The number of piperazine rings is 1. The van der Waals surface area contributed by atoms with Crippen LogP contribution in [0.15, 0.2) is 12.4 Å². The first-order chi connectivity index (χ1) is 8.72. The Labute approximate surface area is 107 Å². The van der Waals surface area contributed by atoms with Gasteiger partial charge in [-0.2, -0.15) is 5.10 Å². The van der Waals surface area contributed by atoms with Crippen molar-refractivity contribution in [3.8, 4) is 0 Å². The zero-order chi connectivity index (χ0) is 13.0. The van der Waals surface area contributed by atoms with Gasteiger partial charge in [-0.1, -0.05) is 6.92 Å². The molecule has 18 heavy (non-hydrogen) atoms. The van der Waals surface area contributed by atoms with E-state index >= 15 is 0 Å². The number of rotatable bonds is 5. The molecule has 1 unspecified atom stereocenters. The second-order valence-corrected chi connectivity index (χ2v) is 4.56. The Balaban J connectivity index is 2.14. The molecule has 1 aromatic heterocycles. The van der Waals surface area contributed by atoms with Crippen LogP contribution in [0, 0.1) is 0 Å². The van der Waals surface area contributed by atoms with Gasteiger partial charge in [0.05, 0.1) is 6.20 Å². The minimum atomic E-state index is -0.798. The molecule has 1 aliphatic rings. The minimum absolute atomic E-state index is 0.572. The Kier molecular flexibility index (Phi) is 4.33. The number of hydrogen-bond acceptors (Lipinski definition) is 4. The minimum Gasteiger partial charge on any atom is -0.480 e. The van der Waals surface area contributed by atoms with Crippen LogP contribution in [0.25, 0.3) is 0 Å². The van der Waals surface area contributed by atoms with Crippen molar-refractivity contribution in [1.29, 1.82) is 0 Å². The second kappa shape index (κ2) is 5.97. The van der Waals surface area contributed by atoms with E-state index < -0.39 is 12.0 Å². The van der Waals surface area contributed by atoms with Gasteiger partial charge in [-0.3, -0.25) is 14.4 Å². The third-order valence-corrected chi connectivity index (χ3v) is 3.17. The fourth-order valence-electron chi connectivity index (χ4n) is 2.32. The summed E-state index contributed by atoms with van der Waals surface area (Å²) >= 11 is 0. The molecule has 6 nitrogen and oxygen atoms in total. The van der Waals surface area contributed by atoms with Crippen LogP contribution < -0.4 is 5.32 Å². The summed E-state index contributed by atoms with van der Waals surface area (Å²) in [7, 11) is 0. The normalized spacial score (nSPS) is 18.7. The largest absolute Gasteiger partial charge is 0.480 e. The molecule has 2 heterocycles. The molecule has 0 saturated carbocycles.